The molecule has 6 nitrogen and oxygen atoms in total. The molecule has 0 rings (SSSR count). The fourth-order valence-electron chi connectivity index (χ4n) is 8.89. The Kier molecular flexibility index (Phi) is 63.9. The molecule has 0 aromatic carbocycles. The Bertz CT molecular complexity index is 1760. The van der Waals surface area contributed by atoms with Gasteiger partial charge in [0.2, 0.25) is 0 Å². The van der Waals surface area contributed by atoms with Crippen LogP contribution < -0.4 is 0 Å². The molecule has 6 heteroatoms. The van der Waals surface area contributed by atoms with Gasteiger partial charge in [-0.15, -0.1) is 0 Å². The summed E-state index contributed by atoms with van der Waals surface area (Å²) in [5, 5.41) is 0. The number of allylic oxidation sites excluding steroid dienone is 24. The summed E-state index contributed by atoms with van der Waals surface area (Å²) >= 11 is 0. The fraction of sp³-hybridized carbons (Fsp3) is 0.640. The third-order valence-corrected chi connectivity index (χ3v) is 13.8. The van der Waals surface area contributed by atoms with E-state index in [1.54, 1.807) is 0 Å². The van der Waals surface area contributed by atoms with Crippen molar-refractivity contribution < 1.29 is 28.6 Å². The molecule has 0 aromatic heterocycles. The van der Waals surface area contributed by atoms with Crippen molar-refractivity contribution in [3.8, 4) is 0 Å². The van der Waals surface area contributed by atoms with Crippen molar-refractivity contribution in [2.24, 2.45) is 0 Å². The van der Waals surface area contributed by atoms with E-state index in [4.69, 9.17) is 14.2 Å². The van der Waals surface area contributed by atoms with Gasteiger partial charge in [0.1, 0.15) is 13.2 Å². The first-order chi connectivity index (χ1) is 40.0. The molecule has 0 heterocycles. The minimum Gasteiger partial charge on any atom is -0.462 e. The first kappa shape index (κ1) is 76.3. The van der Waals surface area contributed by atoms with Crippen molar-refractivity contribution >= 4 is 17.9 Å². The van der Waals surface area contributed by atoms with Crippen molar-refractivity contribution in [3.05, 3.63) is 146 Å². The predicted molar refractivity (Wildman–Crippen MR) is 352 cm³/mol. The van der Waals surface area contributed by atoms with E-state index in [0.29, 0.717) is 19.3 Å². The maximum absolute atomic E-state index is 12.9. The fourth-order valence-corrected chi connectivity index (χ4v) is 8.89. The summed E-state index contributed by atoms with van der Waals surface area (Å²) in [6, 6.07) is 0. The Morgan fingerprint density at radius 2 is 0.494 bits per heavy atom. The molecule has 0 N–H and O–H groups in total. The highest BCUT2D eigenvalue weighted by atomic mass is 16.6. The van der Waals surface area contributed by atoms with Crippen LogP contribution in [0.25, 0.3) is 0 Å². The molecule has 0 bridgehead atoms. The summed E-state index contributed by atoms with van der Waals surface area (Å²) in [7, 11) is 0. The molecule has 0 amide bonds. The largest absolute Gasteiger partial charge is 0.462 e. The number of carbonyl (C=O) groups excluding carboxylic acids is 3. The van der Waals surface area contributed by atoms with Crippen molar-refractivity contribution in [1.82, 2.24) is 0 Å². The van der Waals surface area contributed by atoms with E-state index in [1.165, 1.54) is 128 Å². The Morgan fingerprint density at radius 3 is 0.815 bits per heavy atom. The average Bonchev–Trinajstić information content (AvgIpc) is 3.47. The predicted octanol–water partition coefficient (Wildman–Crippen LogP) is 23.1. The van der Waals surface area contributed by atoms with E-state index >= 15 is 0 Å². The van der Waals surface area contributed by atoms with Gasteiger partial charge < -0.3 is 14.2 Å². The highest BCUT2D eigenvalue weighted by Crippen LogP contribution is 2.16. The van der Waals surface area contributed by atoms with Gasteiger partial charge in [0, 0.05) is 19.3 Å². The molecular weight excluding hydrogens is 997 g/mol. The molecule has 0 radical (unpaired) electrons. The smallest absolute Gasteiger partial charge is 0.306 e. The SMILES string of the molecule is CC/C=C\C/C=C\C/C=C\C/C=C\C/C=C\CCCC(=O)OC(COC(=O)CCCC/C=C\C/C=C\C/C=C\C/C=C\CC)COC(=O)CCCCCCCCCCCCCCCCCC/C=C\C/C=C\C/C=C\CCCCCCC. The molecule has 0 fully saturated rings. The van der Waals surface area contributed by atoms with Gasteiger partial charge in [0.25, 0.3) is 0 Å². The molecule has 0 aliphatic heterocycles. The zero-order valence-corrected chi connectivity index (χ0v) is 52.5. The van der Waals surface area contributed by atoms with Gasteiger partial charge in [-0.1, -0.05) is 282 Å². The van der Waals surface area contributed by atoms with Crippen LogP contribution in [0.2, 0.25) is 0 Å². The Balaban J connectivity index is 4.34. The molecule has 81 heavy (non-hydrogen) atoms. The minimum absolute atomic E-state index is 0.118. The molecule has 0 aliphatic rings. The van der Waals surface area contributed by atoms with Gasteiger partial charge in [-0.25, -0.2) is 0 Å². The first-order valence-electron chi connectivity index (χ1n) is 33.3. The second-order valence-corrected chi connectivity index (χ2v) is 21.6. The quantitative estimate of drug-likeness (QED) is 0.0261. The standard InChI is InChI=1S/C75H122O6/c1-4-7-10-13-16-19-22-25-28-30-31-32-33-34-35-36-37-38-39-40-41-42-43-45-47-50-53-56-59-62-65-68-74(77)80-71-72(70-79-73(76)67-64-61-58-55-52-49-46-27-24-21-18-15-12-9-6-3)81-75(78)69-66-63-60-57-54-51-48-44-29-26-23-20-17-14-11-8-5-2/h8-9,11-12,17-18,20-22,25-27,29-31,33-34,46,48,51-52,55,57,60,72H,4-7,10,13-16,19,23-24,28,32,35-45,47,49-50,53-54,56,58-59,61-71H2,1-3H3/b11-8-,12-9-,20-17-,21-18-,25-22-,29-26-,31-30-,34-33-,46-27-,51-48-,55-52-,60-57-. The van der Waals surface area contributed by atoms with Crippen LogP contribution in [0.5, 0.6) is 0 Å². The van der Waals surface area contributed by atoms with E-state index < -0.39 is 6.10 Å². The van der Waals surface area contributed by atoms with Crippen LogP contribution >= 0.6 is 0 Å². The van der Waals surface area contributed by atoms with E-state index in [-0.39, 0.29) is 44.0 Å². The second-order valence-electron chi connectivity index (χ2n) is 21.6. The molecule has 1 atom stereocenters. The lowest BCUT2D eigenvalue weighted by molar-refractivity contribution is -0.167. The number of hydrogen-bond acceptors (Lipinski definition) is 6. The number of carbonyl (C=O) groups is 3. The summed E-state index contributed by atoms with van der Waals surface area (Å²) in [6.45, 7) is 6.32. The number of unbranched alkanes of at least 4 members (excludes halogenated alkanes) is 24. The zero-order chi connectivity index (χ0) is 58.5. The van der Waals surface area contributed by atoms with Gasteiger partial charge in [-0.3, -0.25) is 14.4 Å². The zero-order valence-electron chi connectivity index (χ0n) is 52.5. The molecule has 0 saturated carbocycles. The lowest BCUT2D eigenvalue weighted by Gasteiger charge is -2.18. The normalized spacial score (nSPS) is 13.1. The van der Waals surface area contributed by atoms with E-state index in [2.05, 4.69) is 167 Å². The van der Waals surface area contributed by atoms with E-state index in [9.17, 15) is 14.4 Å². The second kappa shape index (κ2) is 67.8. The molecule has 0 spiro atoms. The summed E-state index contributed by atoms with van der Waals surface area (Å²) in [5.74, 6) is -1.02. The van der Waals surface area contributed by atoms with Crippen molar-refractivity contribution in [3.63, 3.8) is 0 Å². The summed E-state index contributed by atoms with van der Waals surface area (Å²) in [6.07, 6.45) is 97.4. The van der Waals surface area contributed by atoms with Gasteiger partial charge in [0.05, 0.1) is 0 Å². The van der Waals surface area contributed by atoms with Crippen LogP contribution in [0.1, 0.15) is 290 Å². The molecule has 1 unspecified atom stereocenters. The first-order valence-corrected chi connectivity index (χ1v) is 33.3. The maximum Gasteiger partial charge on any atom is 0.306 e. The van der Waals surface area contributed by atoms with Gasteiger partial charge in [0.15, 0.2) is 6.10 Å². The number of esters is 3. The van der Waals surface area contributed by atoms with Crippen LogP contribution in [-0.2, 0) is 28.6 Å². The molecule has 0 aromatic rings. The van der Waals surface area contributed by atoms with Gasteiger partial charge in [-0.2, -0.15) is 0 Å². The van der Waals surface area contributed by atoms with Gasteiger partial charge in [-0.05, 0) is 135 Å². The molecular formula is C75H122O6. The maximum atomic E-state index is 12.9. The van der Waals surface area contributed by atoms with E-state index in [0.717, 1.165) is 109 Å². The Hall–Kier alpha value is -4.71. The minimum atomic E-state index is -0.831. The lowest BCUT2D eigenvalue weighted by atomic mass is 10.0. The Morgan fingerprint density at radius 1 is 0.259 bits per heavy atom. The monoisotopic (exact) mass is 1120 g/mol. The third kappa shape index (κ3) is 66.0. The molecule has 0 saturated heterocycles. The van der Waals surface area contributed by atoms with Crippen LogP contribution in [-0.4, -0.2) is 37.2 Å². The highest BCUT2D eigenvalue weighted by Gasteiger charge is 2.19. The van der Waals surface area contributed by atoms with Gasteiger partial charge >= 0.3 is 17.9 Å². The third-order valence-electron chi connectivity index (χ3n) is 13.8. The van der Waals surface area contributed by atoms with Crippen LogP contribution in [0.15, 0.2) is 146 Å². The summed E-state index contributed by atoms with van der Waals surface area (Å²) in [4.78, 5) is 38.3. The van der Waals surface area contributed by atoms with Crippen LogP contribution in [0.4, 0.5) is 0 Å². The summed E-state index contributed by atoms with van der Waals surface area (Å²) < 4.78 is 16.8. The average molecular weight is 1120 g/mol. The molecule has 0 aliphatic carbocycles. The van der Waals surface area contributed by atoms with Crippen molar-refractivity contribution in [1.29, 1.82) is 0 Å². The van der Waals surface area contributed by atoms with Crippen LogP contribution in [0, 0.1) is 0 Å². The van der Waals surface area contributed by atoms with Crippen molar-refractivity contribution in [2.45, 2.75) is 297 Å². The topological polar surface area (TPSA) is 78.9 Å². The number of hydrogen-bond donors (Lipinski definition) is 0. The number of ether oxygens (including phenoxy) is 3. The van der Waals surface area contributed by atoms with Crippen LogP contribution in [0.3, 0.4) is 0 Å². The van der Waals surface area contributed by atoms with Crippen molar-refractivity contribution in [2.75, 3.05) is 13.2 Å². The lowest BCUT2D eigenvalue weighted by Crippen LogP contribution is -2.30. The molecule has 458 valence electrons. The van der Waals surface area contributed by atoms with E-state index in [1.807, 2.05) is 0 Å². The Labute approximate surface area is 499 Å². The summed E-state index contributed by atoms with van der Waals surface area (Å²) in [5.41, 5.74) is 0. The highest BCUT2D eigenvalue weighted by molar-refractivity contribution is 5.71. The number of rotatable bonds is 59.